The molecule has 96 valence electrons. The third kappa shape index (κ3) is 3.19. The smallest absolute Gasteiger partial charge is 0.168 e. The Morgan fingerprint density at radius 2 is 2.05 bits per heavy atom. The second kappa shape index (κ2) is 5.36. The fourth-order valence-corrected chi connectivity index (χ4v) is 1.69. The zero-order valence-electron chi connectivity index (χ0n) is 10.8. The summed E-state index contributed by atoms with van der Waals surface area (Å²) in [5.41, 5.74) is 7.97. The first-order valence-corrected chi connectivity index (χ1v) is 5.82. The van der Waals surface area contributed by atoms with Crippen LogP contribution < -0.4 is 10.5 Å². The van der Waals surface area contributed by atoms with E-state index < -0.39 is 0 Å². The second-order valence-corrected chi connectivity index (χ2v) is 4.23. The van der Waals surface area contributed by atoms with Crippen LogP contribution >= 0.6 is 0 Å². The highest BCUT2D eigenvalue weighted by atomic mass is 16.5. The number of rotatable bonds is 3. The summed E-state index contributed by atoms with van der Waals surface area (Å²) in [7, 11) is 0. The number of hydrogen-bond acceptors (Lipinski definition) is 5. The van der Waals surface area contributed by atoms with Crippen LogP contribution in [0.2, 0.25) is 0 Å². The third-order valence-electron chi connectivity index (χ3n) is 2.59. The number of nitriles is 1. The van der Waals surface area contributed by atoms with E-state index in [1.165, 1.54) is 0 Å². The highest BCUT2D eigenvalue weighted by Gasteiger charge is 2.05. The van der Waals surface area contributed by atoms with E-state index in [0.717, 1.165) is 11.3 Å². The Labute approximate surface area is 111 Å². The molecule has 5 nitrogen and oxygen atoms in total. The van der Waals surface area contributed by atoms with Gasteiger partial charge in [0.1, 0.15) is 18.2 Å². The molecule has 1 aromatic heterocycles. The van der Waals surface area contributed by atoms with Crippen LogP contribution in [0.25, 0.3) is 0 Å². The van der Waals surface area contributed by atoms with Gasteiger partial charge in [-0.2, -0.15) is 5.26 Å². The fraction of sp³-hybridized carbons (Fsp3) is 0.214. The van der Waals surface area contributed by atoms with Crippen LogP contribution in [0.1, 0.15) is 22.6 Å². The highest BCUT2D eigenvalue weighted by molar-refractivity contribution is 5.41. The van der Waals surface area contributed by atoms with Gasteiger partial charge >= 0.3 is 0 Å². The van der Waals surface area contributed by atoms with Gasteiger partial charge in [-0.15, -0.1) is 0 Å². The van der Waals surface area contributed by atoms with E-state index in [1.807, 2.05) is 19.9 Å². The van der Waals surface area contributed by atoms with Gasteiger partial charge in [-0.25, -0.2) is 9.97 Å². The summed E-state index contributed by atoms with van der Waals surface area (Å²) >= 11 is 0. The lowest BCUT2D eigenvalue weighted by Crippen LogP contribution is -2.05. The second-order valence-electron chi connectivity index (χ2n) is 4.23. The lowest BCUT2D eigenvalue weighted by atomic mass is 10.1. The van der Waals surface area contributed by atoms with Gasteiger partial charge in [0, 0.05) is 11.8 Å². The minimum atomic E-state index is 0.224. The molecule has 1 heterocycles. The van der Waals surface area contributed by atoms with Gasteiger partial charge in [-0.3, -0.25) is 0 Å². The van der Waals surface area contributed by atoms with Crippen molar-refractivity contribution in [1.29, 1.82) is 5.26 Å². The maximum Gasteiger partial charge on any atom is 0.168 e. The number of ether oxygens (including phenoxy) is 1. The van der Waals surface area contributed by atoms with E-state index in [2.05, 4.69) is 16.0 Å². The van der Waals surface area contributed by atoms with Crippen LogP contribution in [-0.4, -0.2) is 9.97 Å². The summed E-state index contributed by atoms with van der Waals surface area (Å²) in [5.74, 6) is 1.61. The van der Waals surface area contributed by atoms with Gasteiger partial charge in [0.05, 0.1) is 11.6 Å². The van der Waals surface area contributed by atoms with Crippen LogP contribution in [0.15, 0.2) is 24.3 Å². The maximum absolute atomic E-state index is 8.86. The number of aromatic nitrogens is 2. The number of nitrogen functional groups attached to an aromatic ring is 1. The molecule has 0 saturated carbocycles. The number of hydrogen-bond donors (Lipinski definition) is 1. The molecular weight excluding hydrogens is 240 g/mol. The average Bonchev–Trinajstić information content (AvgIpc) is 2.37. The van der Waals surface area contributed by atoms with Gasteiger partial charge in [0.15, 0.2) is 5.82 Å². The van der Waals surface area contributed by atoms with Crippen molar-refractivity contribution in [2.75, 3.05) is 5.73 Å². The monoisotopic (exact) mass is 254 g/mol. The first kappa shape index (κ1) is 12.8. The lowest BCUT2D eigenvalue weighted by Gasteiger charge is -2.09. The molecule has 5 heteroatoms. The summed E-state index contributed by atoms with van der Waals surface area (Å²) < 4.78 is 5.64. The fourth-order valence-electron chi connectivity index (χ4n) is 1.69. The Kier molecular flexibility index (Phi) is 3.62. The van der Waals surface area contributed by atoms with Crippen molar-refractivity contribution >= 4 is 5.82 Å². The molecule has 0 aliphatic heterocycles. The molecule has 1 aromatic carbocycles. The summed E-state index contributed by atoms with van der Waals surface area (Å²) in [4.78, 5) is 8.34. The number of nitrogens with zero attached hydrogens (tertiary/aromatic N) is 3. The van der Waals surface area contributed by atoms with Crippen molar-refractivity contribution in [2.24, 2.45) is 0 Å². The number of aryl methyl sites for hydroxylation is 2. The molecule has 0 amide bonds. The molecule has 0 spiro atoms. The minimum absolute atomic E-state index is 0.224. The Balaban J connectivity index is 2.16. The quantitative estimate of drug-likeness (QED) is 0.906. The summed E-state index contributed by atoms with van der Waals surface area (Å²) in [6, 6.07) is 9.08. The minimum Gasteiger partial charge on any atom is -0.485 e. The topological polar surface area (TPSA) is 84.8 Å². The molecule has 0 saturated heterocycles. The predicted octanol–water partition coefficient (Wildman–Crippen LogP) is 2.13. The number of anilines is 1. The molecule has 2 aromatic rings. The molecule has 2 N–H and O–H groups in total. The molecule has 19 heavy (non-hydrogen) atoms. The van der Waals surface area contributed by atoms with Crippen LogP contribution in [0.5, 0.6) is 5.75 Å². The molecule has 0 bridgehead atoms. The van der Waals surface area contributed by atoms with E-state index in [-0.39, 0.29) is 6.61 Å². The van der Waals surface area contributed by atoms with Crippen molar-refractivity contribution in [3.8, 4) is 11.8 Å². The van der Waals surface area contributed by atoms with Crippen molar-refractivity contribution in [2.45, 2.75) is 20.5 Å². The first-order chi connectivity index (χ1) is 9.08. The summed E-state index contributed by atoms with van der Waals surface area (Å²) in [6.07, 6.45) is 0. The number of benzene rings is 1. The Morgan fingerprint density at radius 3 is 2.74 bits per heavy atom. The van der Waals surface area contributed by atoms with Crippen LogP contribution in [0, 0.1) is 25.2 Å². The van der Waals surface area contributed by atoms with Crippen molar-refractivity contribution < 1.29 is 4.74 Å². The Bertz CT molecular complexity index is 626. The predicted molar refractivity (Wildman–Crippen MR) is 71.4 cm³/mol. The molecule has 0 aliphatic carbocycles. The van der Waals surface area contributed by atoms with Gasteiger partial charge in [-0.1, -0.05) is 6.07 Å². The zero-order chi connectivity index (χ0) is 13.8. The van der Waals surface area contributed by atoms with Crippen molar-refractivity contribution in [3.05, 3.63) is 46.9 Å². The highest BCUT2D eigenvalue weighted by Crippen LogP contribution is 2.20. The molecule has 0 unspecified atom stereocenters. The SMILES string of the molecule is Cc1cc(N)nc(COc2cc(C#N)ccc2C)n1. The molecule has 0 radical (unpaired) electrons. The van der Waals surface area contributed by atoms with E-state index in [0.29, 0.717) is 23.0 Å². The summed E-state index contributed by atoms with van der Waals surface area (Å²) in [5, 5.41) is 8.86. The van der Waals surface area contributed by atoms with Gasteiger partial charge in [-0.05, 0) is 31.5 Å². The average molecular weight is 254 g/mol. The van der Waals surface area contributed by atoms with Crippen LogP contribution in [-0.2, 0) is 6.61 Å². The van der Waals surface area contributed by atoms with E-state index in [9.17, 15) is 0 Å². The zero-order valence-corrected chi connectivity index (χ0v) is 10.8. The standard InChI is InChI=1S/C14H14N4O/c1-9-3-4-11(7-15)6-12(9)19-8-14-17-10(2)5-13(16)18-14/h3-6H,8H2,1-2H3,(H2,16,17,18). The molecule has 0 fully saturated rings. The Morgan fingerprint density at radius 1 is 1.26 bits per heavy atom. The third-order valence-corrected chi connectivity index (χ3v) is 2.59. The maximum atomic E-state index is 8.86. The number of nitrogens with two attached hydrogens (primary N) is 1. The van der Waals surface area contributed by atoms with Crippen LogP contribution in [0.3, 0.4) is 0 Å². The normalized spacial score (nSPS) is 9.95. The largest absolute Gasteiger partial charge is 0.485 e. The lowest BCUT2D eigenvalue weighted by molar-refractivity contribution is 0.293. The van der Waals surface area contributed by atoms with Crippen molar-refractivity contribution in [1.82, 2.24) is 9.97 Å². The first-order valence-electron chi connectivity index (χ1n) is 5.82. The Hall–Kier alpha value is -2.61. The molecule has 0 atom stereocenters. The molecule has 2 rings (SSSR count). The van der Waals surface area contributed by atoms with E-state index >= 15 is 0 Å². The van der Waals surface area contributed by atoms with Gasteiger partial charge in [0.25, 0.3) is 0 Å². The van der Waals surface area contributed by atoms with Crippen LogP contribution in [0.4, 0.5) is 5.82 Å². The van der Waals surface area contributed by atoms with E-state index in [4.69, 9.17) is 15.7 Å². The van der Waals surface area contributed by atoms with Gasteiger partial charge < -0.3 is 10.5 Å². The molecular formula is C14H14N4O. The summed E-state index contributed by atoms with van der Waals surface area (Å²) in [6.45, 7) is 3.99. The molecule has 0 aliphatic rings. The van der Waals surface area contributed by atoms with Crippen molar-refractivity contribution in [3.63, 3.8) is 0 Å². The van der Waals surface area contributed by atoms with E-state index in [1.54, 1.807) is 18.2 Å². The van der Waals surface area contributed by atoms with Gasteiger partial charge in [0.2, 0.25) is 0 Å².